The molecule has 4 nitrogen and oxygen atoms in total. The van der Waals surface area contributed by atoms with Crippen LogP contribution in [0.3, 0.4) is 0 Å². The molecule has 0 aliphatic rings. The Hall–Kier alpha value is -2.83. The molecule has 0 fully saturated rings. The van der Waals surface area contributed by atoms with Crippen molar-refractivity contribution in [2.24, 2.45) is 0 Å². The summed E-state index contributed by atoms with van der Waals surface area (Å²) in [5, 5.41) is 0. The molecule has 0 spiro atoms. The topological polar surface area (TPSA) is 52.6 Å². The van der Waals surface area contributed by atoms with Gasteiger partial charge in [0, 0.05) is 5.56 Å². The summed E-state index contributed by atoms with van der Waals surface area (Å²) >= 11 is 0. The van der Waals surface area contributed by atoms with Crippen LogP contribution in [0.15, 0.2) is 54.6 Å². The monoisotopic (exact) mass is 352 g/mol. The first-order valence-electron chi connectivity index (χ1n) is 7.31. The molecule has 0 saturated carbocycles. The number of alkyl halides is 3. The van der Waals surface area contributed by atoms with Crippen molar-refractivity contribution in [1.82, 2.24) is 0 Å². The normalized spacial score (nSPS) is 12.3. The molecule has 2 rings (SSSR count). The number of rotatable bonds is 6. The molecule has 2 aromatic carbocycles. The zero-order chi connectivity index (χ0) is 18.4. The van der Waals surface area contributed by atoms with Crippen LogP contribution >= 0.6 is 0 Å². The lowest BCUT2D eigenvalue weighted by atomic mass is 10.0. The Kier molecular flexibility index (Phi) is 5.80. The zero-order valence-corrected chi connectivity index (χ0v) is 13.2. The number of carbonyl (C=O) groups is 2. The van der Waals surface area contributed by atoms with Gasteiger partial charge in [-0.15, -0.1) is 0 Å². The maximum absolute atomic E-state index is 12.8. The number of Topliss-reactive ketones (excluding diaryl/α,β-unsaturated/α-hetero) is 1. The number of halogens is 3. The minimum Gasteiger partial charge on any atom is -0.497 e. The van der Waals surface area contributed by atoms with E-state index in [0.717, 1.165) is 0 Å². The minimum absolute atomic E-state index is 0.0221. The van der Waals surface area contributed by atoms with Crippen LogP contribution in [-0.2, 0) is 4.74 Å². The Bertz CT molecular complexity index is 724. The fraction of sp³-hybridized carbons (Fsp3) is 0.222. The highest BCUT2D eigenvalue weighted by molar-refractivity contribution is 6.01. The largest absolute Gasteiger partial charge is 0.497 e. The van der Waals surface area contributed by atoms with Crippen LogP contribution < -0.4 is 4.74 Å². The Labute approximate surface area is 142 Å². The van der Waals surface area contributed by atoms with Crippen molar-refractivity contribution in [3.63, 3.8) is 0 Å². The third-order valence-electron chi connectivity index (χ3n) is 3.34. The first-order chi connectivity index (χ1) is 11.8. The van der Waals surface area contributed by atoms with Crippen molar-refractivity contribution in [1.29, 1.82) is 0 Å². The third kappa shape index (κ3) is 5.34. The molecule has 1 unspecified atom stereocenters. The number of carbonyl (C=O) groups excluding carboxylic acids is 2. The molecule has 2 aromatic rings. The summed E-state index contributed by atoms with van der Waals surface area (Å²) < 4.78 is 48.1. The molecule has 0 amide bonds. The van der Waals surface area contributed by atoms with Crippen LogP contribution in [0.1, 0.15) is 27.1 Å². The van der Waals surface area contributed by atoms with Gasteiger partial charge in [-0.1, -0.05) is 30.3 Å². The molecule has 7 heteroatoms. The molecule has 0 aliphatic heterocycles. The van der Waals surface area contributed by atoms with Gasteiger partial charge in [0.1, 0.15) is 5.75 Å². The van der Waals surface area contributed by atoms with E-state index in [1.807, 2.05) is 0 Å². The average Bonchev–Trinajstić information content (AvgIpc) is 2.60. The number of esters is 1. The molecule has 0 radical (unpaired) electrons. The Morgan fingerprint density at radius 2 is 1.56 bits per heavy atom. The molecule has 25 heavy (non-hydrogen) atoms. The molecule has 0 N–H and O–H groups in total. The van der Waals surface area contributed by atoms with Gasteiger partial charge in [0.2, 0.25) is 5.78 Å². The molecule has 1 atom stereocenters. The molecule has 0 saturated heterocycles. The van der Waals surface area contributed by atoms with Gasteiger partial charge < -0.3 is 9.47 Å². The average molecular weight is 352 g/mol. The summed E-state index contributed by atoms with van der Waals surface area (Å²) in [5.74, 6) is -1.44. The lowest BCUT2D eigenvalue weighted by Gasteiger charge is -2.18. The van der Waals surface area contributed by atoms with Crippen LogP contribution in [0.25, 0.3) is 0 Å². The van der Waals surface area contributed by atoms with Crippen molar-refractivity contribution in [3.8, 4) is 5.75 Å². The van der Waals surface area contributed by atoms with E-state index in [1.165, 1.54) is 55.6 Å². The van der Waals surface area contributed by atoms with Crippen LogP contribution in [0.2, 0.25) is 0 Å². The van der Waals surface area contributed by atoms with Gasteiger partial charge in [0.15, 0.2) is 6.10 Å². The van der Waals surface area contributed by atoms with E-state index >= 15 is 0 Å². The fourth-order valence-corrected chi connectivity index (χ4v) is 2.11. The number of hydrogen-bond acceptors (Lipinski definition) is 4. The van der Waals surface area contributed by atoms with Crippen LogP contribution in [0, 0.1) is 0 Å². The van der Waals surface area contributed by atoms with Crippen molar-refractivity contribution in [2.75, 3.05) is 7.11 Å². The smallest absolute Gasteiger partial charge is 0.393 e. The lowest BCUT2D eigenvalue weighted by Crippen LogP contribution is -2.32. The molecular formula is C18H15F3O4. The van der Waals surface area contributed by atoms with Gasteiger partial charge in [-0.2, -0.15) is 13.2 Å². The van der Waals surface area contributed by atoms with E-state index in [9.17, 15) is 22.8 Å². The highest BCUT2D eigenvalue weighted by Gasteiger charge is 2.38. The third-order valence-corrected chi connectivity index (χ3v) is 3.34. The highest BCUT2D eigenvalue weighted by atomic mass is 19.4. The summed E-state index contributed by atoms with van der Waals surface area (Å²) in [5.41, 5.74) is 0.0631. The second-order valence-corrected chi connectivity index (χ2v) is 5.17. The Balaban J connectivity index is 2.20. The first kappa shape index (κ1) is 18.5. The van der Waals surface area contributed by atoms with Gasteiger partial charge in [0.25, 0.3) is 0 Å². The van der Waals surface area contributed by atoms with E-state index in [2.05, 4.69) is 0 Å². The van der Waals surface area contributed by atoms with Crippen molar-refractivity contribution in [2.45, 2.75) is 18.7 Å². The fourth-order valence-electron chi connectivity index (χ4n) is 2.11. The quantitative estimate of drug-likeness (QED) is 0.581. The predicted octanol–water partition coefficient (Wildman–Crippen LogP) is 4.06. The van der Waals surface area contributed by atoms with Crippen LogP contribution in [-0.4, -0.2) is 31.1 Å². The SMILES string of the molecule is COc1ccc(C(=O)OC(CC(F)(F)F)C(=O)c2ccccc2)cc1. The van der Waals surface area contributed by atoms with E-state index in [1.54, 1.807) is 6.07 Å². The van der Waals surface area contributed by atoms with E-state index in [0.29, 0.717) is 5.75 Å². The van der Waals surface area contributed by atoms with Crippen molar-refractivity contribution in [3.05, 3.63) is 65.7 Å². The molecule has 0 aliphatic carbocycles. The Morgan fingerprint density at radius 1 is 0.960 bits per heavy atom. The van der Waals surface area contributed by atoms with Gasteiger partial charge in [-0.3, -0.25) is 4.79 Å². The summed E-state index contributed by atoms with van der Waals surface area (Å²) in [6, 6.07) is 13.0. The molecule has 0 heterocycles. The van der Waals surface area contributed by atoms with Gasteiger partial charge in [-0.25, -0.2) is 4.79 Å². The van der Waals surface area contributed by atoms with Gasteiger partial charge in [-0.05, 0) is 24.3 Å². The summed E-state index contributed by atoms with van der Waals surface area (Å²) in [4.78, 5) is 24.4. The van der Waals surface area contributed by atoms with Crippen molar-refractivity contribution >= 4 is 11.8 Å². The molecular weight excluding hydrogens is 337 g/mol. The first-order valence-corrected chi connectivity index (χ1v) is 7.31. The number of methoxy groups -OCH3 is 1. The summed E-state index contributed by atoms with van der Waals surface area (Å²) in [6.07, 6.45) is -8.16. The molecule has 0 aromatic heterocycles. The second kappa shape index (κ2) is 7.83. The summed E-state index contributed by atoms with van der Waals surface area (Å²) in [6.45, 7) is 0. The second-order valence-electron chi connectivity index (χ2n) is 5.17. The summed E-state index contributed by atoms with van der Waals surface area (Å²) in [7, 11) is 1.44. The minimum atomic E-state index is -4.66. The maximum atomic E-state index is 12.8. The molecule has 132 valence electrons. The van der Waals surface area contributed by atoms with Crippen molar-refractivity contribution < 1.29 is 32.2 Å². The standard InChI is InChI=1S/C18H15F3O4/c1-24-14-9-7-13(8-10-14)17(23)25-15(11-18(19,20)21)16(22)12-5-3-2-4-6-12/h2-10,15H,11H2,1H3. The van der Waals surface area contributed by atoms with Gasteiger partial charge >= 0.3 is 12.1 Å². The van der Waals surface area contributed by atoms with E-state index in [4.69, 9.17) is 9.47 Å². The molecule has 0 bridgehead atoms. The maximum Gasteiger partial charge on any atom is 0.393 e. The number of ether oxygens (including phenoxy) is 2. The van der Waals surface area contributed by atoms with Crippen LogP contribution in [0.4, 0.5) is 13.2 Å². The van der Waals surface area contributed by atoms with E-state index in [-0.39, 0.29) is 11.1 Å². The Morgan fingerprint density at radius 3 is 2.08 bits per heavy atom. The van der Waals surface area contributed by atoms with Gasteiger partial charge in [0.05, 0.1) is 19.1 Å². The van der Waals surface area contributed by atoms with Crippen LogP contribution in [0.5, 0.6) is 5.75 Å². The number of hydrogen-bond donors (Lipinski definition) is 0. The number of benzene rings is 2. The predicted molar refractivity (Wildman–Crippen MR) is 83.6 cm³/mol. The zero-order valence-electron chi connectivity index (χ0n) is 13.2. The highest BCUT2D eigenvalue weighted by Crippen LogP contribution is 2.26. The number of ketones is 1. The lowest BCUT2D eigenvalue weighted by molar-refractivity contribution is -0.149. The van der Waals surface area contributed by atoms with E-state index < -0.39 is 30.5 Å².